The van der Waals surface area contributed by atoms with E-state index in [4.69, 9.17) is 27.6 Å². The van der Waals surface area contributed by atoms with E-state index in [2.05, 4.69) is 5.32 Å². The predicted molar refractivity (Wildman–Crippen MR) is 121 cm³/mol. The van der Waals surface area contributed by atoms with Crippen LogP contribution in [0.15, 0.2) is 65.1 Å². The van der Waals surface area contributed by atoms with Gasteiger partial charge in [-0.15, -0.1) is 0 Å². The summed E-state index contributed by atoms with van der Waals surface area (Å²) in [6.45, 7) is 1.37. The number of halogens is 5. The number of nitrogens with one attached hydrogen (secondary N) is 1. The first-order valence-electron chi connectivity index (χ1n) is 9.56. The molecule has 0 spiro atoms. The van der Waals surface area contributed by atoms with Gasteiger partial charge in [-0.1, -0.05) is 41.4 Å². The van der Waals surface area contributed by atoms with Crippen LogP contribution in [-0.2, 0) is 11.0 Å². The molecule has 0 bridgehead atoms. The van der Waals surface area contributed by atoms with Gasteiger partial charge in [-0.2, -0.15) is 13.2 Å². The van der Waals surface area contributed by atoms with Crippen molar-refractivity contribution < 1.29 is 27.2 Å². The lowest BCUT2D eigenvalue weighted by molar-refractivity contribution is -0.137. The first-order valence-corrected chi connectivity index (χ1v) is 10.3. The van der Waals surface area contributed by atoms with Crippen LogP contribution in [0, 0.1) is 0 Å². The fourth-order valence-corrected chi connectivity index (χ4v) is 3.99. The summed E-state index contributed by atoms with van der Waals surface area (Å²) in [4.78, 5) is 24.3. The van der Waals surface area contributed by atoms with Crippen molar-refractivity contribution in [2.45, 2.75) is 13.1 Å². The van der Waals surface area contributed by atoms with Crippen LogP contribution < -0.4 is 5.32 Å². The molecular formula is C24H14Cl2F3NO3. The maximum atomic E-state index is 13.9. The van der Waals surface area contributed by atoms with E-state index in [-0.39, 0.29) is 32.5 Å². The Balaban J connectivity index is 1.85. The second-order valence-electron chi connectivity index (χ2n) is 7.23. The van der Waals surface area contributed by atoms with Gasteiger partial charge in [0.25, 0.3) is 0 Å². The topological polar surface area (TPSA) is 59.3 Å². The highest BCUT2D eigenvalue weighted by molar-refractivity contribution is 6.37. The fraction of sp³-hybridized carbons (Fsp3) is 0.0833. The molecule has 1 amide bonds. The number of benzene rings is 3. The highest BCUT2D eigenvalue weighted by Gasteiger charge is 2.41. The van der Waals surface area contributed by atoms with Crippen LogP contribution in [0.4, 0.5) is 18.9 Å². The minimum atomic E-state index is -4.85. The third-order valence-electron chi connectivity index (χ3n) is 4.87. The van der Waals surface area contributed by atoms with Gasteiger partial charge >= 0.3 is 6.18 Å². The van der Waals surface area contributed by atoms with Crippen molar-refractivity contribution in [1.82, 2.24) is 0 Å². The van der Waals surface area contributed by atoms with Crippen molar-refractivity contribution in [2.24, 2.45) is 0 Å². The van der Waals surface area contributed by atoms with Crippen molar-refractivity contribution >= 4 is 51.5 Å². The number of amides is 1. The molecular weight excluding hydrogens is 478 g/mol. The minimum absolute atomic E-state index is 0.0865. The van der Waals surface area contributed by atoms with Gasteiger partial charge in [0.1, 0.15) is 11.1 Å². The Morgan fingerprint density at radius 1 is 0.939 bits per heavy atom. The van der Waals surface area contributed by atoms with Gasteiger partial charge in [0.2, 0.25) is 11.7 Å². The molecule has 0 aliphatic heterocycles. The Morgan fingerprint density at radius 2 is 1.67 bits per heavy atom. The van der Waals surface area contributed by atoms with Crippen LogP contribution in [-0.4, -0.2) is 11.7 Å². The highest BCUT2D eigenvalue weighted by Crippen LogP contribution is 2.42. The molecule has 0 unspecified atom stereocenters. The zero-order valence-electron chi connectivity index (χ0n) is 16.9. The van der Waals surface area contributed by atoms with E-state index in [1.54, 1.807) is 24.3 Å². The molecule has 1 aromatic heterocycles. The molecule has 4 rings (SSSR count). The van der Waals surface area contributed by atoms with Crippen molar-refractivity contribution in [3.05, 3.63) is 87.6 Å². The standard InChI is InChI=1S/C24H14Cl2F3NO3/c1-12(31)30-16-4-2-3-13(9-16)14-5-7-18-20(10-14)33-23(21(18)24(27,28)29)22(32)17-8-6-15(25)11-19(17)26/h2-11H,1H3,(H,30,31). The third-order valence-corrected chi connectivity index (χ3v) is 5.42. The molecule has 0 saturated carbocycles. The van der Waals surface area contributed by atoms with E-state index in [1.165, 1.54) is 43.3 Å². The number of furan rings is 1. The summed E-state index contributed by atoms with van der Waals surface area (Å²) >= 11 is 11.9. The second-order valence-corrected chi connectivity index (χ2v) is 8.07. The molecule has 0 fully saturated rings. The number of ketones is 1. The molecule has 0 aliphatic rings. The Morgan fingerprint density at radius 3 is 2.33 bits per heavy atom. The molecule has 1 N–H and O–H groups in total. The third kappa shape index (κ3) is 4.60. The van der Waals surface area contributed by atoms with Gasteiger partial charge in [-0.25, -0.2) is 0 Å². The van der Waals surface area contributed by atoms with Crippen LogP contribution in [0.5, 0.6) is 0 Å². The number of hydrogen-bond acceptors (Lipinski definition) is 3. The smallest absolute Gasteiger partial charge is 0.420 e. The van der Waals surface area contributed by atoms with Crippen LogP contribution >= 0.6 is 23.2 Å². The van der Waals surface area contributed by atoms with Gasteiger partial charge in [-0.3, -0.25) is 9.59 Å². The van der Waals surface area contributed by atoms with Gasteiger partial charge in [0.15, 0.2) is 5.76 Å². The Hall–Kier alpha value is -3.29. The molecule has 4 nitrogen and oxygen atoms in total. The van der Waals surface area contributed by atoms with Crippen molar-refractivity contribution in [2.75, 3.05) is 5.32 Å². The zero-order valence-corrected chi connectivity index (χ0v) is 18.4. The molecule has 0 radical (unpaired) electrons. The van der Waals surface area contributed by atoms with E-state index in [9.17, 15) is 22.8 Å². The van der Waals surface area contributed by atoms with Gasteiger partial charge in [0, 0.05) is 28.6 Å². The summed E-state index contributed by atoms with van der Waals surface area (Å²) < 4.78 is 47.3. The molecule has 0 atom stereocenters. The maximum Gasteiger partial charge on any atom is 0.420 e. The fourth-order valence-electron chi connectivity index (χ4n) is 3.49. The van der Waals surface area contributed by atoms with E-state index in [0.717, 1.165) is 0 Å². The molecule has 9 heteroatoms. The molecule has 33 heavy (non-hydrogen) atoms. The summed E-state index contributed by atoms with van der Waals surface area (Å²) in [6, 6.07) is 14.8. The summed E-state index contributed by atoms with van der Waals surface area (Å²) in [5, 5.41) is 2.55. The first-order chi connectivity index (χ1) is 15.5. The van der Waals surface area contributed by atoms with Crippen LogP contribution in [0.2, 0.25) is 10.0 Å². The average Bonchev–Trinajstić information content (AvgIpc) is 3.12. The summed E-state index contributed by atoms with van der Waals surface area (Å²) in [5.74, 6) is -2.12. The maximum absolute atomic E-state index is 13.9. The monoisotopic (exact) mass is 491 g/mol. The summed E-state index contributed by atoms with van der Waals surface area (Å²) in [7, 11) is 0. The van der Waals surface area contributed by atoms with Crippen molar-refractivity contribution in [1.29, 1.82) is 0 Å². The second kappa shape index (κ2) is 8.57. The number of carbonyl (C=O) groups excluding carboxylic acids is 2. The molecule has 4 aromatic rings. The van der Waals surface area contributed by atoms with E-state index in [0.29, 0.717) is 16.8 Å². The number of hydrogen-bond donors (Lipinski definition) is 1. The summed E-state index contributed by atoms with van der Waals surface area (Å²) in [6.07, 6.45) is -4.85. The lowest BCUT2D eigenvalue weighted by atomic mass is 10.0. The minimum Gasteiger partial charge on any atom is -0.452 e. The Kier molecular flexibility index (Phi) is 5.95. The number of anilines is 1. The lowest BCUT2D eigenvalue weighted by Crippen LogP contribution is -2.12. The largest absolute Gasteiger partial charge is 0.452 e. The van der Waals surface area contributed by atoms with E-state index >= 15 is 0 Å². The van der Waals surface area contributed by atoms with Crippen LogP contribution in [0.1, 0.15) is 28.6 Å². The van der Waals surface area contributed by atoms with Crippen LogP contribution in [0.25, 0.3) is 22.1 Å². The quantitative estimate of drug-likeness (QED) is 0.298. The Labute approximate surface area is 195 Å². The first kappa shape index (κ1) is 22.9. The van der Waals surface area contributed by atoms with E-state index < -0.39 is 23.3 Å². The van der Waals surface area contributed by atoms with Gasteiger partial charge < -0.3 is 9.73 Å². The lowest BCUT2D eigenvalue weighted by Gasteiger charge is -2.08. The zero-order chi connectivity index (χ0) is 23.9. The number of alkyl halides is 3. The predicted octanol–water partition coefficient (Wildman–Crippen LogP) is 7.61. The SMILES string of the molecule is CC(=O)Nc1cccc(-c2ccc3c(C(F)(F)F)c(C(=O)c4ccc(Cl)cc4Cl)oc3c2)c1. The average molecular weight is 492 g/mol. The number of fused-ring (bicyclic) bond motifs is 1. The Bertz CT molecular complexity index is 1410. The number of carbonyl (C=O) groups is 2. The molecule has 0 saturated heterocycles. The molecule has 168 valence electrons. The van der Waals surface area contributed by atoms with Crippen LogP contribution in [0.3, 0.4) is 0 Å². The van der Waals surface area contributed by atoms with Gasteiger partial charge in [0.05, 0.1) is 5.02 Å². The summed E-state index contributed by atoms with van der Waals surface area (Å²) in [5.41, 5.74) is 0.269. The normalized spacial score (nSPS) is 11.6. The number of rotatable bonds is 4. The highest BCUT2D eigenvalue weighted by atomic mass is 35.5. The van der Waals surface area contributed by atoms with Crippen molar-refractivity contribution in [3.8, 4) is 11.1 Å². The van der Waals surface area contributed by atoms with E-state index in [1.807, 2.05) is 0 Å². The molecule has 3 aromatic carbocycles. The molecule has 1 heterocycles. The van der Waals surface area contributed by atoms with Crippen molar-refractivity contribution in [3.63, 3.8) is 0 Å². The molecule has 0 aliphatic carbocycles. The van der Waals surface area contributed by atoms with Gasteiger partial charge in [-0.05, 0) is 53.6 Å².